The molecular formula is C18H17BrN2. The molecule has 1 atom stereocenters. The Hall–Kier alpha value is -1.87. The van der Waals surface area contributed by atoms with Crippen molar-refractivity contribution in [2.24, 2.45) is 0 Å². The maximum atomic E-state index is 4.53. The third-order valence-corrected chi connectivity index (χ3v) is 3.90. The molecule has 0 amide bonds. The highest BCUT2D eigenvalue weighted by molar-refractivity contribution is 9.10. The van der Waals surface area contributed by atoms with Crippen LogP contribution < -0.4 is 5.32 Å². The Labute approximate surface area is 133 Å². The predicted octanol–water partition coefficient (Wildman–Crippen LogP) is 5.04. The van der Waals surface area contributed by atoms with Crippen molar-refractivity contribution in [3.05, 3.63) is 70.8 Å². The number of fused-ring (bicyclic) bond motifs is 1. The van der Waals surface area contributed by atoms with Crippen LogP contribution in [0.5, 0.6) is 0 Å². The molecule has 1 heterocycles. The van der Waals surface area contributed by atoms with Gasteiger partial charge in [0.25, 0.3) is 0 Å². The van der Waals surface area contributed by atoms with E-state index < -0.39 is 0 Å². The van der Waals surface area contributed by atoms with Crippen LogP contribution >= 0.6 is 15.9 Å². The highest BCUT2D eigenvalue weighted by Gasteiger charge is 2.07. The van der Waals surface area contributed by atoms with Crippen molar-refractivity contribution in [2.75, 3.05) is 5.32 Å². The molecular weight excluding hydrogens is 324 g/mol. The number of benzene rings is 2. The van der Waals surface area contributed by atoms with Crippen LogP contribution in [-0.4, -0.2) is 11.0 Å². The summed E-state index contributed by atoms with van der Waals surface area (Å²) < 4.78 is 1.00. The van der Waals surface area contributed by atoms with Gasteiger partial charge in [-0.05, 0) is 47.0 Å². The third-order valence-electron chi connectivity index (χ3n) is 3.46. The molecule has 0 aliphatic heterocycles. The van der Waals surface area contributed by atoms with E-state index in [1.807, 2.05) is 12.3 Å². The Morgan fingerprint density at radius 3 is 2.71 bits per heavy atom. The van der Waals surface area contributed by atoms with Crippen LogP contribution in [0.2, 0.25) is 0 Å². The van der Waals surface area contributed by atoms with E-state index >= 15 is 0 Å². The Morgan fingerprint density at radius 2 is 1.90 bits per heavy atom. The monoisotopic (exact) mass is 340 g/mol. The fourth-order valence-electron chi connectivity index (χ4n) is 2.53. The fraction of sp³-hybridized carbons (Fsp3) is 0.167. The van der Waals surface area contributed by atoms with E-state index in [4.69, 9.17) is 0 Å². The van der Waals surface area contributed by atoms with Gasteiger partial charge in [-0.3, -0.25) is 4.98 Å². The molecule has 0 saturated heterocycles. The number of hydrogen-bond acceptors (Lipinski definition) is 2. The van der Waals surface area contributed by atoms with Gasteiger partial charge in [-0.25, -0.2) is 0 Å². The van der Waals surface area contributed by atoms with E-state index in [0.29, 0.717) is 6.04 Å². The summed E-state index contributed by atoms with van der Waals surface area (Å²) in [4.78, 5) is 4.53. The lowest BCUT2D eigenvalue weighted by atomic mass is 10.1. The quantitative estimate of drug-likeness (QED) is 0.719. The van der Waals surface area contributed by atoms with Crippen molar-refractivity contribution < 1.29 is 0 Å². The summed E-state index contributed by atoms with van der Waals surface area (Å²) in [5.74, 6) is 0. The molecule has 0 spiro atoms. The number of rotatable bonds is 4. The van der Waals surface area contributed by atoms with Gasteiger partial charge < -0.3 is 5.32 Å². The molecule has 3 aromatic rings. The molecule has 0 aliphatic carbocycles. The SMILES string of the molecule is CC(Cc1ccccc1)Nc1cccc2cc(Br)cnc12. The van der Waals surface area contributed by atoms with Crippen molar-refractivity contribution in [1.82, 2.24) is 4.98 Å². The summed E-state index contributed by atoms with van der Waals surface area (Å²) in [5, 5.41) is 4.72. The first-order chi connectivity index (χ1) is 10.2. The minimum absolute atomic E-state index is 0.350. The zero-order chi connectivity index (χ0) is 14.7. The zero-order valence-electron chi connectivity index (χ0n) is 11.9. The van der Waals surface area contributed by atoms with Crippen molar-refractivity contribution in [1.29, 1.82) is 0 Å². The second-order valence-electron chi connectivity index (χ2n) is 5.27. The molecule has 2 aromatic carbocycles. The van der Waals surface area contributed by atoms with Crippen LogP contribution in [0.25, 0.3) is 10.9 Å². The molecule has 0 radical (unpaired) electrons. The van der Waals surface area contributed by atoms with Gasteiger partial charge in [0.1, 0.15) is 0 Å². The first-order valence-electron chi connectivity index (χ1n) is 7.07. The molecule has 0 aliphatic rings. The van der Waals surface area contributed by atoms with Crippen molar-refractivity contribution in [3.63, 3.8) is 0 Å². The third kappa shape index (κ3) is 3.42. The van der Waals surface area contributed by atoms with Gasteiger partial charge in [-0.15, -0.1) is 0 Å². The maximum absolute atomic E-state index is 4.53. The second kappa shape index (κ2) is 6.27. The van der Waals surface area contributed by atoms with Gasteiger partial charge in [0.15, 0.2) is 0 Å². The summed E-state index contributed by atoms with van der Waals surface area (Å²) >= 11 is 3.47. The van der Waals surface area contributed by atoms with E-state index in [0.717, 1.165) is 27.5 Å². The number of anilines is 1. The van der Waals surface area contributed by atoms with Crippen LogP contribution in [0.15, 0.2) is 65.3 Å². The van der Waals surface area contributed by atoms with Crippen molar-refractivity contribution in [3.8, 4) is 0 Å². The lowest BCUT2D eigenvalue weighted by Gasteiger charge is -2.16. The smallest absolute Gasteiger partial charge is 0.0934 e. The number of nitrogens with one attached hydrogen (secondary N) is 1. The number of nitrogens with zero attached hydrogens (tertiary/aromatic N) is 1. The summed E-state index contributed by atoms with van der Waals surface area (Å²) in [6.07, 6.45) is 2.84. The molecule has 0 bridgehead atoms. The number of para-hydroxylation sites is 1. The van der Waals surface area contributed by atoms with Crippen LogP contribution in [0.1, 0.15) is 12.5 Å². The van der Waals surface area contributed by atoms with Gasteiger partial charge in [0.2, 0.25) is 0 Å². The largest absolute Gasteiger partial charge is 0.380 e. The topological polar surface area (TPSA) is 24.9 Å². The van der Waals surface area contributed by atoms with Crippen LogP contribution in [0.3, 0.4) is 0 Å². The molecule has 1 N–H and O–H groups in total. The molecule has 3 heteroatoms. The normalized spacial score (nSPS) is 12.3. The molecule has 0 fully saturated rings. The van der Waals surface area contributed by atoms with Crippen LogP contribution in [-0.2, 0) is 6.42 Å². The highest BCUT2D eigenvalue weighted by Crippen LogP contribution is 2.24. The molecule has 1 aromatic heterocycles. The average Bonchev–Trinajstić information content (AvgIpc) is 2.48. The standard InChI is InChI=1S/C18H17BrN2/c1-13(10-14-6-3-2-4-7-14)21-17-9-5-8-15-11-16(19)12-20-18(15)17/h2-9,11-13,21H,10H2,1H3. The molecule has 1 unspecified atom stereocenters. The summed E-state index contributed by atoms with van der Waals surface area (Å²) in [7, 11) is 0. The lowest BCUT2D eigenvalue weighted by Crippen LogP contribution is -2.18. The molecule has 0 saturated carbocycles. The first kappa shape index (κ1) is 14.1. The predicted molar refractivity (Wildman–Crippen MR) is 92.7 cm³/mol. The first-order valence-corrected chi connectivity index (χ1v) is 7.86. The van der Waals surface area contributed by atoms with E-state index in [2.05, 4.69) is 81.7 Å². The lowest BCUT2D eigenvalue weighted by molar-refractivity contribution is 0.791. The van der Waals surface area contributed by atoms with E-state index in [1.165, 1.54) is 5.56 Å². The van der Waals surface area contributed by atoms with Crippen molar-refractivity contribution in [2.45, 2.75) is 19.4 Å². The molecule has 21 heavy (non-hydrogen) atoms. The van der Waals surface area contributed by atoms with Gasteiger partial charge >= 0.3 is 0 Å². The average molecular weight is 341 g/mol. The Kier molecular flexibility index (Phi) is 4.20. The Morgan fingerprint density at radius 1 is 1.10 bits per heavy atom. The van der Waals surface area contributed by atoms with Crippen molar-refractivity contribution >= 4 is 32.5 Å². The van der Waals surface area contributed by atoms with Gasteiger partial charge in [-0.2, -0.15) is 0 Å². The zero-order valence-corrected chi connectivity index (χ0v) is 13.5. The summed E-state index contributed by atoms with van der Waals surface area (Å²) in [6.45, 7) is 2.20. The Bertz CT molecular complexity index is 741. The van der Waals surface area contributed by atoms with Crippen LogP contribution in [0.4, 0.5) is 5.69 Å². The Balaban J connectivity index is 1.81. The van der Waals surface area contributed by atoms with Gasteiger partial charge in [0, 0.05) is 22.1 Å². The number of aromatic nitrogens is 1. The molecule has 2 nitrogen and oxygen atoms in total. The molecule has 3 rings (SSSR count). The van der Waals surface area contributed by atoms with E-state index in [9.17, 15) is 0 Å². The second-order valence-corrected chi connectivity index (χ2v) is 6.18. The molecule has 106 valence electrons. The fourth-order valence-corrected chi connectivity index (χ4v) is 2.88. The summed E-state index contributed by atoms with van der Waals surface area (Å²) in [5.41, 5.74) is 3.44. The minimum atomic E-state index is 0.350. The van der Waals surface area contributed by atoms with E-state index in [1.54, 1.807) is 0 Å². The summed E-state index contributed by atoms with van der Waals surface area (Å²) in [6, 6.07) is 19.2. The number of pyridine rings is 1. The van der Waals surface area contributed by atoms with Crippen LogP contribution in [0, 0.1) is 0 Å². The number of halogens is 1. The maximum Gasteiger partial charge on any atom is 0.0934 e. The van der Waals surface area contributed by atoms with E-state index in [-0.39, 0.29) is 0 Å². The van der Waals surface area contributed by atoms with Gasteiger partial charge in [-0.1, -0.05) is 42.5 Å². The van der Waals surface area contributed by atoms with Gasteiger partial charge in [0.05, 0.1) is 11.2 Å². The highest BCUT2D eigenvalue weighted by atomic mass is 79.9. The minimum Gasteiger partial charge on any atom is -0.380 e. The number of hydrogen-bond donors (Lipinski definition) is 1.